The molecule has 5 rings (SSSR count). The molecular weight excluding hydrogens is 624 g/mol. The summed E-state index contributed by atoms with van der Waals surface area (Å²) in [6.07, 6.45) is 9.25. The molecular formula is C44H48O6. The molecule has 4 aromatic rings. The van der Waals surface area contributed by atoms with Crippen LogP contribution in [0, 0.1) is 0 Å². The van der Waals surface area contributed by atoms with E-state index in [-0.39, 0.29) is 11.9 Å². The fourth-order valence-corrected chi connectivity index (χ4v) is 6.34. The van der Waals surface area contributed by atoms with Gasteiger partial charge in [-0.2, -0.15) is 0 Å². The van der Waals surface area contributed by atoms with Gasteiger partial charge in [0.15, 0.2) is 0 Å². The van der Waals surface area contributed by atoms with Crippen LogP contribution in [0.4, 0.5) is 0 Å². The van der Waals surface area contributed by atoms with Crippen LogP contribution in [0.1, 0.15) is 82.3 Å². The quantitative estimate of drug-likeness (QED) is 0.0427. The molecule has 0 bridgehead atoms. The summed E-state index contributed by atoms with van der Waals surface area (Å²) < 4.78 is 22.5. The zero-order valence-electron chi connectivity index (χ0n) is 29.3. The van der Waals surface area contributed by atoms with Crippen molar-refractivity contribution in [2.75, 3.05) is 13.2 Å². The van der Waals surface area contributed by atoms with Crippen LogP contribution in [0.3, 0.4) is 0 Å². The summed E-state index contributed by atoms with van der Waals surface area (Å²) in [5.74, 6) is 0.955. The second-order valence-corrected chi connectivity index (χ2v) is 12.7. The highest BCUT2D eigenvalue weighted by Crippen LogP contribution is 2.47. The Balaban J connectivity index is 1.17. The van der Waals surface area contributed by atoms with Gasteiger partial charge >= 0.3 is 11.9 Å². The Morgan fingerprint density at radius 1 is 0.660 bits per heavy atom. The number of rotatable bonds is 19. The molecule has 0 heterocycles. The van der Waals surface area contributed by atoms with Gasteiger partial charge in [0.25, 0.3) is 0 Å². The molecule has 0 aromatic heterocycles. The van der Waals surface area contributed by atoms with Gasteiger partial charge in [0.05, 0.1) is 13.2 Å². The van der Waals surface area contributed by atoms with Crippen molar-refractivity contribution in [3.8, 4) is 44.9 Å². The van der Waals surface area contributed by atoms with E-state index in [4.69, 9.17) is 18.9 Å². The minimum Gasteiger partial charge on any atom is -0.494 e. The molecule has 4 aromatic carbocycles. The van der Waals surface area contributed by atoms with E-state index in [0.717, 1.165) is 67.4 Å². The summed E-state index contributed by atoms with van der Waals surface area (Å²) in [4.78, 5) is 22.9. The van der Waals surface area contributed by atoms with E-state index in [1.807, 2.05) is 24.3 Å². The van der Waals surface area contributed by atoms with Gasteiger partial charge in [-0.3, -0.25) is 0 Å². The summed E-state index contributed by atoms with van der Waals surface area (Å²) in [6, 6.07) is 29.8. The highest BCUT2D eigenvalue weighted by atomic mass is 16.7. The highest BCUT2D eigenvalue weighted by molar-refractivity contribution is 5.84. The lowest BCUT2D eigenvalue weighted by Gasteiger charge is -2.19. The van der Waals surface area contributed by atoms with Crippen molar-refractivity contribution >= 4 is 11.9 Å². The van der Waals surface area contributed by atoms with Gasteiger partial charge in [-0.1, -0.05) is 88.4 Å². The predicted octanol–water partition coefficient (Wildman–Crippen LogP) is 10.8. The maximum absolute atomic E-state index is 11.8. The summed E-state index contributed by atoms with van der Waals surface area (Å²) >= 11 is 0. The Hall–Kier alpha value is -5.10. The van der Waals surface area contributed by atoms with E-state index < -0.39 is 12.3 Å². The van der Waals surface area contributed by atoms with Crippen molar-refractivity contribution in [1.29, 1.82) is 0 Å². The molecule has 0 amide bonds. The fourth-order valence-electron chi connectivity index (χ4n) is 6.34. The summed E-state index contributed by atoms with van der Waals surface area (Å²) in [7, 11) is 0. The topological polar surface area (TPSA) is 71.1 Å². The van der Waals surface area contributed by atoms with Gasteiger partial charge in [0.2, 0.25) is 6.29 Å². The molecule has 0 saturated carbocycles. The first-order valence-electron chi connectivity index (χ1n) is 17.8. The monoisotopic (exact) mass is 672 g/mol. The number of unbranched alkanes of at least 4 members (excludes halogenated alkanes) is 5. The lowest BCUT2D eigenvalue weighted by atomic mass is 9.94. The molecule has 2 atom stereocenters. The summed E-state index contributed by atoms with van der Waals surface area (Å²) in [5, 5.41) is 0. The Bertz CT molecular complexity index is 1750. The summed E-state index contributed by atoms with van der Waals surface area (Å²) in [5.41, 5.74) is 9.82. The number of hydrogen-bond acceptors (Lipinski definition) is 6. The standard InChI is InChI=1S/C44H48O6/c1-5-8-11-14-44(50-43(46)7-3)49-37-23-17-33(18-24-37)35-20-26-39-38-25-19-34(29-40(38)31(4)41(39)30-35)32-15-21-36(22-16-32)47-27-12-9-10-13-28-48-42(45)6-2/h6-7,15-26,29-31,44H,2-3,5,8-14,27-28H2,1,4H3. The molecule has 0 radical (unpaired) electrons. The molecule has 260 valence electrons. The molecule has 1 aliphatic carbocycles. The van der Waals surface area contributed by atoms with Gasteiger partial charge in [-0.05, 0) is 113 Å². The molecule has 0 N–H and O–H groups in total. The number of carbonyl (C=O) groups is 2. The first-order valence-corrected chi connectivity index (χ1v) is 17.8. The number of carbonyl (C=O) groups excluding carboxylic acids is 2. The second kappa shape index (κ2) is 18.1. The van der Waals surface area contributed by atoms with Crippen molar-refractivity contribution in [2.24, 2.45) is 0 Å². The molecule has 0 saturated heterocycles. The molecule has 6 heteroatoms. The zero-order valence-corrected chi connectivity index (χ0v) is 29.3. The van der Waals surface area contributed by atoms with Crippen molar-refractivity contribution in [1.82, 2.24) is 0 Å². The van der Waals surface area contributed by atoms with Gasteiger partial charge < -0.3 is 18.9 Å². The van der Waals surface area contributed by atoms with Gasteiger partial charge in [0.1, 0.15) is 11.5 Å². The van der Waals surface area contributed by atoms with Crippen LogP contribution in [-0.4, -0.2) is 31.4 Å². The number of fused-ring (bicyclic) bond motifs is 3. The fraction of sp³-hybridized carbons (Fsp3) is 0.318. The third-order valence-corrected chi connectivity index (χ3v) is 9.15. The Morgan fingerprint density at radius 2 is 1.20 bits per heavy atom. The van der Waals surface area contributed by atoms with Crippen LogP contribution in [-0.2, 0) is 19.1 Å². The number of esters is 2. The molecule has 0 spiro atoms. The lowest BCUT2D eigenvalue weighted by molar-refractivity contribution is -0.158. The first-order chi connectivity index (χ1) is 24.4. The third-order valence-electron chi connectivity index (χ3n) is 9.15. The largest absolute Gasteiger partial charge is 0.494 e. The van der Waals surface area contributed by atoms with E-state index >= 15 is 0 Å². The van der Waals surface area contributed by atoms with E-state index in [1.54, 1.807) is 0 Å². The predicted molar refractivity (Wildman–Crippen MR) is 200 cm³/mol. The van der Waals surface area contributed by atoms with Gasteiger partial charge in [0, 0.05) is 24.5 Å². The number of hydrogen-bond donors (Lipinski definition) is 0. The van der Waals surface area contributed by atoms with Gasteiger partial charge in [-0.25, -0.2) is 9.59 Å². The van der Waals surface area contributed by atoms with E-state index in [9.17, 15) is 9.59 Å². The first kappa shape index (κ1) is 36.2. The molecule has 50 heavy (non-hydrogen) atoms. The minimum atomic E-state index is -0.635. The summed E-state index contributed by atoms with van der Waals surface area (Å²) in [6.45, 7) is 12.4. The number of ether oxygens (including phenoxy) is 4. The smallest absolute Gasteiger partial charge is 0.333 e. The zero-order chi connectivity index (χ0) is 35.3. The van der Waals surface area contributed by atoms with Crippen LogP contribution in [0.15, 0.2) is 110 Å². The minimum absolute atomic E-state index is 0.266. The van der Waals surface area contributed by atoms with Crippen LogP contribution in [0.25, 0.3) is 33.4 Å². The van der Waals surface area contributed by atoms with Crippen LogP contribution in [0.2, 0.25) is 0 Å². The third kappa shape index (κ3) is 9.53. The second-order valence-electron chi connectivity index (χ2n) is 12.7. The maximum atomic E-state index is 11.8. The van der Waals surface area contributed by atoms with Crippen LogP contribution < -0.4 is 9.47 Å². The number of benzene rings is 4. The van der Waals surface area contributed by atoms with Crippen molar-refractivity contribution in [3.63, 3.8) is 0 Å². The molecule has 0 fully saturated rings. The molecule has 1 aliphatic rings. The normalized spacial score (nSPS) is 13.4. The average molecular weight is 673 g/mol. The lowest BCUT2D eigenvalue weighted by Crippen LogP contribution is -2.23. The molecule has 0 aliphatic heterocycles. The van der Waals surface area contributed by atoms with Crippen molar-refractivity contribution in [2.45, 2.75) is 77.4 Å². The van der Waals surface area contributed by atoms with Crippen molar-refractivity contribution < 1.29 is 28.5 Å². The van der Waals surface area contributed by atoms with E-state index in [1.165, 1.54) is 40.0 Å². The van der Waals surface area contributed by atoms with Gasteiger partial charge in [-0.15, -0.1) is 0 Å². The van der Waals surface area contributed by atoms with Crippen LogP contribution in [0.5, 0.6) is 11.5 Å². The Morgan fingerprint density at radius 3 is 1.76 bits per heavy atom. The highest BCUT2D eigenvalue weighted by Gasteiger charge is 2.26. The molecule has 6 nitrogen and oxygen atoms in total. The molecule has 2 unspecified atom stereocenters. The maximum Gasteiger partial charge on any atom is 0.333 e. The van der Waals surface area contributed by atoms with E-state index in [0.29, 0.717) is 25.4 Å². The SMILES string of the molecule is C=CC(=O)OCCCCCCOc1ccc(-c2ccc3c(c2)C(C)c2cc(-c4ccc(OC(CCCCC)OC(=O)C=C)cc4)ccc2-3)cc1. The van der Waals surface area contributed by atoms with Crippen LogP contribution >= 0.6 is 0 Å². The Labute approximate surface area is 296 Å². The van der Waals surface area contributed by atoms with Crippen molar-refractivity contribution in [3.05, 3.63) is 121 Å². The Kier molecular flexibility index (Phi) is 13.1. The average Bonchev–Trinajstić information content (AvgIpc) is 3.43. The van der Waals surface area contributed by atoms with E-state index in [2.05, 4.69) is 87.7 Å².